The molecule has 0 unspecified atom stereocenters. The summed E-state index contributed by atoms with van der Waals surface area (Å²) in [6, 6.07) is 28.1. The topological polar surface area (TPSA) is 253 Å². The Morgan fingerprint density at radius 2 is 0.815 bits per heavy atom. The van der Waals surface area contributed by atoms with Gasteiger partial charge in [-0.05, 0) is 36.4 Å². The highest BCUT2D eigenvalue weighted by Crippen LogP contribution is 2.35. The molecule has 0 atom stereocenters. The molecule has 0 amide bonds. The standard InChI is InChI=1S/C34H30N10O8S2/c1-51-33-41-29(35-21-13-5-3-6-14-21)39-31(43-33)37-27(23-17-9-11-19-25(23)53(45,46)47)28(24-18-10-12-20-26(24)54(48,49)50)38-32-40-30(42-34(44-32)52-2)36-22-15-7-4-8-16-22/h3-20H,1-2H3,(H,45,46,47)(H,48,49,50)(H2,35,37,39,41,43)(H2,36,38,40,42,44). The van der Waals surface area contributed by atoms with Crippen molar-refractivity contribution >= 4 is 66.8 Å². The SMILES string of the molecule is COc1nc(NC(=C(Nc2nc(Nc3ccccc3)nc(OC)n2)c2ccccc2S(=O)(=O)O)c2ccccc2S(=O)(=O)O)nc(Nc2ccccc2)n1. The van der Waals surface area contributed by atoms with Gasteiger partial charge < -0.3 is 30.7 Å². The number of hydrogen-bond donors (Lipinski definition) is 6. The minimum absolute atomic E-state index is 0.00430. The number of para-hydroxylation sites is 2. The molecule has 6 aromatic rings. The maximum atomic E-state index is 12.8. The molecular formula is C34H30N10O8S2. The summed E-state index contributed by atoms with van der Waals surface area (Å²) in [4.78, 5) is 24.7. The van der Waals surface area contributed by atoms with Gasteiger partial charge in [-0.2, -0.15) is 46.7 Å². The quantitative estimate of drug-likeness (QED) is 0.0622. The highest BCUT2D eigenvalue weighted by Gasteiger charge is 2.27. The van der Waals surface area contributed by atoms with Crippen LogP contribution in [-0.4, -0.2) is 70.1 Å². The number of aromatic nitrogens is 6. The van der Waals surface area contributed by atoms with E-state index in [1.807, 2.05) is 12.1 Å². The van der Waals surface area contributed by atoms with Crippen LogP contribution in [-0.2, 0) is 20.2 Å². The summed E-state index contributed by atoms with van der Waals surface area (Å²) >= 11 is 0. The molecule has 18 nitrogen and oxygen atoms in total. The number of ether oxygens (including phenoxy) is 2. The van der Waals surface area contributed by atoms with E-state index in [2.05, 4.69) is 51.2 Å². The fourth-order valence-electron chi connectivity index (χ4n) is 4.97. The second-order valence-corrected chi connectivity index (χ2v) is 13.6. The van der Waals surface area contributed by atoms with Crippen molar-refractivity contribution in [1.82, 2.24) is 29.9 Å². The first-order chi connectivity index (χ1) is 25.9. The zero-order chi connectivity index (χ0) is 38.3. The van der Waals surface area contributed by atoms with Crippen LogP contribution in [0.5, 0.6) is 12.0 Å². The smallest absolute Gasteiger partial charge is 0.322 e. The third-order valence-electron chi connectivity index (χ3n) is 7.25. The van der Waals surface area contributed by atoms with E-state index >= 15 is 0 Å². The number of methoxy groups -OCH3 is 2. The molecule has 0 aliphatic heterocycles. The maximum absolute atomic E-state index is 12.8. The number of rotatable bonds is 14. The van der Waals surface area contributed by atoms with Crippen molar-refractivity contribution in [3.8, 4) is 12.0 Å². The highest BCUT2D eigenvalue weighted by atomic mass is 32.2. The first-order valence-electron chi connectivity index (χ1n) is 15.6. The molecule has 2 aromatic heterocycles. The number of nitrogens with one attached hydrogen (secondary N) is 4. The summed E-state index contributed by atoms with van der Waals surface area (Å²) in [7, 11) is -7.25. The van der Waals surface area contributed by atoms with E-state index in [1.165, 1.54) is 50.6 Å². The van der Waals surface area contributed by atoms with E-state index in [0.717, 1.165) is 12.1 Å². The third-order valence-corrected chi connectivity index (χ3v) is 9.07. The van der Waals surface area contributed by atoms with E-state index in [0.29, 0.717) is 11.4 Å². The van der Waals surface area contributed by atoms with Gasteiger partial charge in [0.15, 0.2) is 0 Å². The normalized spacial score (nSPS) is 11.9. The molecule has 6 rings (SSSR count). The third kappa shape index (κ3) is 9.00. The minimum Gasteiger partial charge on any atom is -0.467 e. The lowest BCUT2D eigenvalue weighted by atomic mass is 10.0. The molecule has 2 heterocycles. The molecule has 0 radical (unpaired) electrons. The van der Waals surface area contributed by atoms with Gasteiger partial charge in [-0.3, -0.25) is 9.11 Å². The molecule has 276 valence electrons. The fourth-order valence-corrected chi connectivity index (χ4v) is 6.37. The Kier molecular flexibility index (Phi) is 10.9. The van der Waals surface area contributed by atoms with Gasteiger partial charge in [0.05, 0.1) is 25.6 Å². The monoisotopic (exact) mass is 770 g/mol. The Morgan fingerprint density at radius 1 is 0.481 bits per heavy atom. The van der Waals surface area contributed by atoms with Gasteiger partial charge >= 0.3 is 12.0 Å². The lowest BCUT2D eigenvalue weighted by Gasteiger charge is -2.21. The zero-order valence-corrected chi connectivity index (χ0v) is 29.9. The summed E-state index contributed by atoms with van der Waals surface area (Å²) in [5.74, 6) is -0.457. The van der Waals surface area contributed by atoms with Crippen molar-refractivity contribution in [2.75, 3.05) is 35.5 Å². The summed E-state index contributed by atoms with van der Waals surface area (Å²) in [6.45, 7) is 0. The summed E-state index contributed by atoms with van der Waals surface area (Å²) in [5, 5.41) is 12.0. The van der Waals surface area contributed by atoms with Crippen molar-refractivity contribution in [1.29, 1.82) is 0 Å². The van der Waals surface area contributed by atoms with Crippen molar-refractivity contribution in [2.24, 2.45) is 0 Å². The molecular weight excluding hydrogens is 741 g/mol. The number of anilines is 6. The Hall–Kier alpha value is -6.74. The number of benzene rings is 4. The molecule has 0 aliphatic rings. The van der Waals surface area contributed by atoms with Crippen molar-refractivity contribution < 1.29 is 35.4 Å². The van der Waals surface area contributed by atoms with Crippen molar-refractivity contribution in [2.45, 2.75) is 9.79 Å². The predicted octanol–water partition coefficient (Wildman–Crippen LogP) is 5.10. The molecule has 54 heavy (non-hydrogen) atoms. The van der Waals surface area contributed by atoms with E-state index in [-0.39, 0.29) is 58.3 Å². The molecule has 0 spiro atoms. The van der Waals surface area contributed by atoms with Crippen LogP contribution in [0, 0.1) is 0 Å². The Morgan fingerprint density at radius 3 is 1.17 bits per heavy atom. The van der Waals surface area contributed by atoms with E-state index in [9.17, 15) is 25.9 Å². The zero-order valence-electron chi connectivity index (χ0n) is 28.2. The van der Waals surface area contributed by atoms with Gasteiger partial charge in [-0.1, -0.05) is 72.8 Å². The van der Waals surface area contributed by atoms with Crippen LogP contribution >= 0.6 is 0 Å². The highest BCUT2D eigenvalue weighted by molar-refractivity contribution is 7.86. The average molecular weight is 771 g/mol. The van der Waals surface area contributed by atoms with Crippen LogP contribution < -0.4 is 30.7 Å². The van der Waals surface area contributed by atoms with Gasteiger partial charge in [0.25, 0.3) is 20.2 Å². The molecule has 20 heteroatoms. The lowest BCUT2D eigenvalue weighted by molar-refractivity contribution is 0.379. The van der Waals surface area contributed by atoms with Gasteiger partial charge in [0.2, 0.25) is 23.8 Å². The average Bonchev–Trinajstić information content (AvgIpc) is 3.16. The van der Waals surface area contributed by atoms with Gasteiger partial charge in [-0.15, -0.1) is 0 Å². The predicted molar refractivity (Wildman–Crippen MR) is 199 cm³/mol. The molecule has 0 bridgehead atoms. The van der Waals surface area contributed by atoms with Crippen LogP contribution in [0.25, 0.3) is 11.4 Å². The summed E-state index contributed by atoms with van der Waals surface area (Å²) < 4.78 is 82.7. The first kappa shape index (κ1) is 37.0. The summed E-state index contributed by atoms with van der Waals surface area (Å²) in [6.07, 6.45) is 0. The minimum atomic E-state index is -4.94. The summed E-state index contributed by atoms with van der Waals surface area (Å²) in [5.41, 5.74) is 0.335. The van der Waals surface area contributed by atoms with Gasteiger partial charge in [-0.25, -0.2) is 0 Å². The van der Waals surface area contributed by atoms with Crippen molar-refractivity contribution in [3.63, 3.8) is 0 Å². The molecule has 0 saturated heterocycles. The molecule has 0 aliphatic carbocycles. The van der Waals surface area contributed by atoms with Crippen LogP contribution in [0.1, 0.15) is 11.1 Å². The van der Waals surface area contributed by atoms with Crippen LogP contribution in [0.4, 0.5) is 35.2 Å². The fraction of sp³-hybridized carbons (Fsp3) is 0.0588. The lowest BCUT2D eigenvalue weighted by Crippen LogP contribution is -2.17. The Bertz CT molecular complexity index is 2370. The molecule has 6 N–H and O–H groups in total. The Labute approximate surface area is 308 Å². The maximum Gasteiger partial charge on any atom is 0.322 e. The van der Waals surface area contributed by atoms with Crippen LogP contribution in [0.2, 0.25) is 0 Å². The van der Waals surface area contributed by atoms with E-state index in [1.54, 1.807) is 48.5 Å². The largest absolute Gasteiger partial charge is 0.467 e. The van der Waals surface area contributed by atoms with Crippen molar-refractivity contribution in [3.05, 3.63) is 120 Å². The molecule has 0 saturated carbocycles. The second kappa shape index (κ2) is 15.9. The van der Waals surface area contributed by atoms with Gasteiger partial charge in [0.1, 0.15) is 9.79 Å². The Balaban J connectivity index is 1.63. The van der Waals surface area contributed by atoms with E-state index < -0.39 is 30.0 Å². The van der Waals surface area contributed by atoms with Gasteiger partial charge in [0, 0.05) is 22.5 Å². The first-order valence-corrected chi connectivity index (χ1v) is 18.5. The van der Waals surface area contributed by atoms with Crippen LogP contribution in [0.3, 0.4) is 0 Å². The second-order valence-electron chi connectivity index (χ2n) is 10.9. The number of nitrogens with zero attached hydrogens (tertiary/aromatic N) is 6. The van der Waals surface area contributed by atoms with E-state index in [4.69, 9.17) is 9.47 Å². The molecule has 0 fully saturated rings. The van der Waals surface area contributed by atoms with Crippen LogP contribution in [0.15, 0.2) is 119 Å². The molecule has 4 aromatic carbocycles. The number of hydrogen-bond acceptors (Lipinski definition) is 16.